The Balaban J connectivity index is 2.24. The van der Waals surface area contributed by atoms with Crippen molar-refractivity contribution in [1.29, 1.82) is 5.26 Å². The molecule has 0 aliphatic heterocycles. The van der Waals surface area contributed by atoms with Crippen molar-refractivity contribution in [3.63, 3.8) is 0 Å². The summed E-state index contributed by atoms with van der Waals surface area (Å²) >= 11 is 0. The molecule has 94 valence electrons. The zero-order chi connectivity index (χ0) is 13.5. The third kappa shape index (κ3) is 3.20. The van der Waals surface area contributed by atoms with E-state index in [0.717, 1.165) is 23.1 Å². The molecule has 3 heteroatoms. The molecule has 1 unspecified atom stereocenters. The number of nitrogens with zero attached hydrogens (tertiary/aromatic N) is 1. The van der Waals surface area contributed by atoms with E-state index in [-0.39, 0.29) is 0 Å². The summed E-state index contributed by atoms with van der Waals surface area (Å²) in [6, 6.07) is 18.9. The van der Waals surface area contributed by atoms with Gasteiger partial charge in [0.05, 0.1) is 6.07 Å². The van der Waals surface area contributed by atoms with Crippen molar-refractivity contribution in [1.82, 2.24) is 0 Å². The first-order chi connectivity index (χ1) is 9.35. The number of aldehydes is 1. The molecule has 1 N–H and O–H groups in total. The zero-order valence-electron chi connectivity index (χ0n) is 10.4. The second-order valence-corrected chi connectivity index (χ2v) is 4.15. The van der Waals surface area contributed by atoms with Crippen molar-refractivity contribution in [2.75, 3.05) is 5.32 Å². The highest BCUT2D eigenvalue weighted by molar-refractivity contribution is 5.63. The molecule has 0 aliphatic rings. The molecule has 0 bridgehead atoms. The van der Waals surface area contributed by atoms with Crippen LogP contribution < -0.4 is 5.32 Å². The highest BCUT2D eigenvalue weighted by Crippen LogP contribution is 2.22. The molecule has 19 heavy (non-hydrogen) atoms. The van der Waals surface area contributed by atoms with Crippen LogP contribution in [0.25, 0.3) is 0 Å². The molecule has 2 aromatic rings. The van der Waals surface area contributed by atoms with Crippen LogP contribution in [0.5, 0.6) is 0 Å². The van der Waals surface area contributed by atoms with Gasteiger partial charge in [0.15, 0.2) is 0 Å². The maximum atomic E-state index is 10.7. The van der Waals surface area contributed by atoms with E-state index < -0.39 is 6.04 Å². The molecule has 0 saturated heterocycles. The van der Waals surface area contributed by atoms with Gasteiger partial charge in [0, 0.05) is 12.1 Å². The van der Waals surface area contributed by atoms with Gasteiger partial charge in [-0.25, -0.2) is 0 Å². The number of rotatable bonds is 5. The topological polar surface area (TPSA) is 52.9 Å². The first-order valence-electron chi connectivity index (χ1n) is 6.08. The highest BCUT2D eigenvalue weighted by Gasteiger charge is 2.11. The van der Waals surface area contributed by atoms with Gasteiger partial charge in [-0.05, 0) is 17.2 Å². The quantitative estimate of drug-likeness (QED) is 0.829. The van der Waals surface area contributed by atoms with Crippen LogP contribution >= 0.6 is 0 Å². The number of carbonyl (C=O) groups excluding carboxylic acids is 1. The third-order valence-electron chi connectivity index (χ3n) is 2.88. The van der Waals surface area contributed by atoms with Crippen molar-refractivity contribution < 1.29 is 4.79 Å². The number of carbonyl (C=O) groups is 1. The lowest BCUT2D eigenvalue weighted by atomic mass is 10.1. The van der Waals surface area contributed by atoms with E-state index in [1.54, 1.807) is 0 Å². The zero-order valence-corrected chi connectivity index (χ0v) is 10.4. The molecule has 0 heterocycles. The molecule has 0 aliphatic carbocycles. The summed E-state index contributed by atoms with van der Waals surface area (Å²) in [4.78, 5) is 10.7. The van der Waals surface area contributed by atoms with Crippen molar-refractivity contribution in [3.8, 4) is 6.07 Å². The van der Waals surface area contributed by atoms with Gasteiger partial charge in [0.25, 0.3) is 0 Å². The SMILES string of the molecule is N#CC(Nc1ccccc1CC=O)c1ccccc1. The van der Waals surface area contributed by atoms with E-state index in [2.05, 4.69) is 11.4 Å². The Morgan fingerprint density at radius 3 is 2.47 bits per heavy atom. The third-order valence-corrected chi connectivity index (χ3v) is 2.88. The van der Waals surface area contributed by atoms with Crippen LogP contribution in [0.2, 0.25) is 0 Å². The standard InChI is InChI=1S/C16H14N2O/c17-12-16(13-6-2-1-3-7-13)18-15-9-5-4-8-14(15)10-11-19/h1-9,11,16,18H,10H2. The van der Waals surface area contributed by atoms with Gasteiger partial charge < -0.3 is 10.1 Å². The number of anilines is 1. The number of nitriles is 1. The highest BCUT2D eigenvalue weighted by atomic mass is 16.1. The molecule has 0 fully saturated rings. The summed E-state index contributed by atoms with van der Waals surface area (Å²) in [5, 5.41) is 12.5. The summed E-state index contributed by atoms with van der Waals surface area (Å²) in [6.45, 7) is 0. The minimum absolute atomic E-state index is 0.343. The van der Waals surface area contributed by atoms with E-state index in [0.29, 0.717) is 6.42 Å². The largest absolute Gasteiger partial charge is 0.366 e. The van der Waals surface area contributed by atoms with Crippen molar-refractivity contribution in [2.24, 2.45) is 0 Å². The lowest BCUT2D eigenvalue weighted by molar-refractivity contribution is -0.107. The fourth-order valence-corrected chi connectivity index (χ4v) is 1.92. The minimum atomic E-state index is -0.422. The van der Waals surface area contributed by atoms with Crippen LogP contribution in [-0.2, 0) is 11.2 Å². The van der Waals surface area contributed by atoms with Gasteiger partial charge in [0.1, 0.15) is 12.3 Å². The molecule has 0 radical (unpaired) electrons. The van der Waals surface area contributed by atoms with Crippen LogP contribution in [0.4, 0.5) is 5.69 Å². The second kappa shape index (κ2) is 6.36. The van der Waals surface area contributed by atoms with Crippen LogP contribution in [0.1, 0.15) is 17.2 Å². The number of nitrogens with one attached hydrogen (secondary N) is 1. The minimum Gasteiger partial charge on any atom is -0.366 e. The van der Waals surface area contributed by atoms with Crippen LogP contribution in [0, 0.1) is 11.3 Å². The summed E-state index contributed by atoms with van der Waals surface area (Å²) in [7, 11) is 0. The molecule has 0 amide bonds. The Labute approximate surface area is 112 Å². The molecule has 2 aromatic carbocycles. The summed E-state index contributed by atoms with van der Waals surface area (Å²) in [5.41, 5.74) is 2.63. The molecular formula is C16H14N2O. The Hall–Kier alpha value is -2.60. The molecular weight excluding hydrogens is 236 g/mol. The smallest absolute Gasteiger partial charge is 0.140 e. The maximum Gasteiger partial charge on any atom is 0.140 e. The Morgan fingerprint density at radius 2 is 1.79 bits per heavy atom. The number of hydrogen-bond donors (Lipinski definition) is 1. The van der Waals surface area contributed by atoms with Gasteiger partial charge in [-0.15, -0.1) is 0 Å². The van der Waals surface area contributed by atoms with E-state index in [1.807, 2.05) is 54.6 Å². The van der Waals surface area contributed by atoms with Crippen molar-refractivity contribution >= 4 is 12.0 Å². The molecule has 3 nitrogen and oxygen atoms in total. The Kier molecular flexibility index (Phi) is 4.30. The molecule has 0 aromatic heterocycles. The molecule has 0 spiro atoms. The van der Waals surface area contributed by atoms with Gasteiger partial charge >= 0.3 is 0 Å². The molecule has 1 atom stereocenters. The first-order valence-corrected chi connectivity index (χ1v) is 6.08. The van der Waals surface area contributed by atoms with E-state index in [4.69, 9.17) is 0 Å². The van der Waals surface area contributed by atoms with Crippen LogP contribution in [0.15, 0.2) is 54.6 Å². The lowest BCUT2D eigenvalue weighted by Gasteiger charge is -2.15. The average Bonchev–Trinajstić information content (AvgIpc) is 2.47. The molecule has 2 rings (SSSR count). The predicted octanol–water partition coefficient (Wildman–Crippen LogP) is 3.10. The average molecular weight is 250 g/mol. The predicted molar refractivity (Wildman–Crippen MR) is 74.6 cm³/mol. The lowest BCUT2D eigenvalue weighted by Crippen LogP contribution is -2.10. The fraction of sp³-hybridized carbons (Fsp3) is 0.125. The van der Waals surface area contributed by atoms with Crippen molar-refractivity contribution in [2.45, 2.75) is 12.5 Å². The monoisotopic (exact) mass is 250 g/mol. The van der Waals surface area contributed by atoms with E-state index in [9.17, 15) is 10.1 Å². The van der Waals surface area contributed by atoms with Gasteiger partial charge in [-0.1, -0.05) is 48.5 Å². The summed E-state index contributed by atoms with van der Waals surface area (Å²) in [6.07, 6.45) is 1.21. The Morgan fingerprint density at radius 1 is 1.11 bits per heavy atom. The van der Waals surface area contributed by atoms with Gasteiger partial charge in [0.2, 0.25) is 0 Å². The second-order valence-electron chi connectivity index (χ2n) is 4.15. The number of hydrogen-bond acceptors (Lipinski definition) is 3. The van der Waals surface area contributed by atoms with Crippen molar-refractivity contribution in [3.05, 3.63) is 65.7 Å². The molecule has 0 saturated carbocycles. The summed E-state index contributed by atoms with van der Waals surface area (Å²) in [5.74, 6) is 0. The number of para-hydroxylation sites is 1. The normalized spacial score (nSPS) is 11.3. The fourth-order valence-electron chi connectivity index (χ4n) is 1.92. The van der Waals surface area contributed by atoms with Gasteiger partial charge in [-0.2, -0.15) is 5.26 Å². The summed E-state index contributed by atoms with van der Waals surface area (Å²) < 4.78 is 0. The van der Waals surface area contributed by atoms with E-state index in [1.165, 1.54) is 0 Å². The van der Waals surface area contributed by atoms with E-state index >= 15 is 0 Å². The Bertz CT molecular complexity index is 587. The maximum absolute atomic E-state index is 10.7. The van der Waals surface area contributed by atoms with Gasteiger partial charge in [-0.3, -0.25) is 0 Å². The first kappa shape index (κ1) is 12.8. The van der Waals surface area contributed by atoms with Crippen LogP contribution in [0.3, 0.4) is 0 Å². The number of benzene rings is 2. The van der Waals surface area contributed by atoms with Crippen LogP contribution in [-0.4, -0.2) is 6.29 Å².